The molecule has 2 amide bonds. The minimum atomic E-state index is -1.33. The van der Waals surface area contributed by atoms with Crippen molar-refractivity contribution < 1.29 is 32.7 Å². The van der Waals surface area contributed by atoms with Gasteiger partial charge in [-0.1, -0.05) is 16.8 Å². The van der Waals surface area contributed by atoms with Gasteiger partial charge in [-0.25, -0.2) is 22.9 Å². The van der Waals surface area contributed by atoms with Crippen LogP contribution in [0.5, 0.6) is 0 Å². The molecule has 2 aliphatic rings. The van der Waals surface area contributed by atoms with Gasteiger partial charge in [0.2, 0.25) is 5.91 Å². The molecule has 44 heavy (non-hydrogen) atoms. The SMILES string of the molecule is CC(C)(C)OC(=O)N1CCC(C(=O)N/C(=N\O)c2c(Cl)cnc3ccc(N4C[C@@H](F)C[C@@H]4c4cc(F)ccc4F)nc23)CC1. The number of ether oxygens (including phenoxy) is 1. The van der Waals surface area contributed by atoms with Gasteiger partial charge in [-0.15, -0.1) is 0 Å². The number of alkyl halides is 1. The van der Waals surface area contributed by atoms with Crippen molar-refractivity contribution in [2.24, 2.45) is 11.1 Å². The molecule has 5 rings (SSSR count). The first-order valence-electron chi connectivity index (χ1n) is 14.2. The van der Waals surface area contributed by atoms with Crippen LogP contribution in [0.2, 0.25) is 5.02 Å². The number of amidine groups is 1. The number of piperidine rings is 1. The van der Waals surface area contributed by atoms with Gasteiger partial charge in [-0.2, -0.15) is 0 Å². The van der Waals surface area contributed by atoms with Crippen LogP contribution in [-0.4, -0.2) is 69.3 Å². The van der Waals surface area contributed by atoms with Crippen molar-refractivity contribution in [2.45, 2.75) is 57.8 Å². The summed E-state index contributed by atoms with van der Waals surface area (Å²) in [5, 5.41) is 15.9. The number of amides is 2. The average Bonchev–Trinajstić information content (AvgIpc) is 3.37. The summed E-state index contributed by atoms with van der Waals surface area (Å²) >= 11 is 6.48. The molecule has 0 bridgehead atoms. The second-order valence-electron chi connectivity index (χ2n) is 11.9. The van der Waals surface area contributed by atoms with Crippen LogP contribution in [0.3, 0.4) is 0 Å². The summed E-state index contributed by atoms with van der Waals surface area (Å²) in [5.41, 5.74) is -0.0940. The van der Waals surface area contributed by atoms with Crippen molar-refractivity contribution in [3.05, 3.63) is 64.3 Å². The zero-order chi connectivity index (χ0) is 31.8. The van der Waals surface area contributed by atoms with E-state index in [2.05, 4.69) is 20.4 Å². The number of pyridine rings is 2. The van der Waals surface area contributed by atoms with Crippen LogP contribution in [-0.2, 0) is 9.53 Å². The van der Waals surface area contributed by atoms with Crippen molar-refractivity contribution in [3.63, 3.8) is 0 Å². The summed E-state index contributed by atoms with van der Waals surface area (Å²) < 4.78 is 48.8. The van der Waals surface area contributed by atoms with E-state index < -0.39 is 47.4 Å². The van der Waals surface area contributed by atoms with Gasteiger partial charge in [-0.3, -0.25) is 9.78 Å². The molecule has 2 aliphatic heterocycles. The van der Waals surface area contributed by atoms with Gasteiger partial charge in [0.15, 0.2) is 5.84 Å². The molecule has 234 valence electrons. The number of anilines is 1. The molecule has 0 unspecified atom stereocenters. The molecule has 0 saturated carbocycles. The van der Waals surface area contributed by atoms with Crippen molar-refractivity contribution in [3.8, 4) is 0 Å². The normalized spacial score (nSPS) is 19.8. The number of fused-ring (bicyclic) bond motifs is 1. The summed E-state index contributed by atoms with van der Waals surface area (Å²) in [6.07, 6.45) is 0.170. The number of oxime groups is 1. The topological polar surface area (TPSA) is 120 Å². The number of carbonyl (C=O) groups is 2. The largest absolute Gasteiger partial charge is 0.444 e. The lowest BCUT2D eigenvalue weighted by molar-refractivity contribution is -0.125. The third-order valence-corrected chi connectivity index (χ3v) is 7.90. The number of aromatic nitrogens is 2. The molecule has 3 aromatic rings. The Morgan fingerprint density at radius 2 is 1.89 bits per heavy atom. The number of likely N-dealkylation sites (tertiary alicyclic amines) is 1. The Hall–Kier alpha value is -4.13. The fourth-order valence-corrected chi connectivity index (χ4v) is 5.76. The molecule has 0 aliphatic carbocycles. The summed E-state index contributed by atoms with van der Waals surface area (Å²) in [7, 11) is 0. The number of hydrogen-bond acceptors (Lipinski definition) is 8. The van der Waals surface area contributed by atoms with E-state index in [4.69, 9.17) is 16.3 Å². The van der Waals surface area contributed by atoms with Gasteiger partial charge >= 0.3 is 6.09 Å². The van der Waals surface area contributed by atoms with Crippen LogP contribution < -0.4 is 10.2 Å². The Balaban J connectivity index is 1.39. The number of carbonyl (C=O) groups excluding carboxylic acids is 2. The molecular formula is C30H32ClF3N6O4. The molecule has 0 spiro atoms. The number of hydrogen-bond donors (Lipinski definition) is 2. The third kappa shape index (κ3) is 6.67. The van der Waals surface area contributed by atoms with Gasteiger partial charge in [0, 0.05) is 37.2 Å². The lowest BCUT2D eigenvalue weighted by atomic mass is 9.96. The van der Waals surface area contributed by atoms with Gasteiger partial charge in [0.1, 0.15) is 34.7 Å². The van der Waals surface area contributed by atoms with Gasteiger partial charge < -0.3 is 25.1 Å². The molecule has 2 saturated heterocycles. The second-order valence-corrected chi connectivity index (χ2v) is 12.3. The van der Waals surface area contributed by atoms with Crippen LogP contribution in [0.25, 0.3) is 11.0 Å². The third-order valence-electron chi connectivity index (χ3n) is 7.61. The highest BCUT2D eigenvalue weighted by molar-refractivity contribution is 6.36. The summed E-state index contributed by atoms with van der Waals surface area (Å²) in [6.45, 7) is 5.82. The highest BCUT2D eigenvalue weighted by Gasteiger charge is 2.36. The van der Waals surface area contributed by atoms with E-state index in [1.165, 1.54) is 16.0 Å². The van der Waals surface area contributed by atoms with E-state index in [1.807, 2.05) is 0 Å². The average molecular weight is 633 g/mol. The second kappa shape index (κ2) is 12.5. The van der Waals surface area contributed by atoms with E-state index in [1.54, 1.807) is 32.9 Å². The van der Waals surface area contributed by atoms with Gasteiger partial charge in [-0.05, 0) is 63.9 Å². The Labute approximate surface area is 256 Å². The standard InChI is InChI=1S/C30H32ClF3N6O4/c1-30(2,3)44-29(42)39-10-8-16(9-11-39)28(41)37-27(38-43)25-20(31)14-35-22-6-7-24(36-26(22)25)40-15-18(33)13-23(40)19-12-17(32)4-5-21(19)34/h4-7,12,14,16,18,23,43H,8-11,13,15H2,1-3H3,(H,37,38,41)/t18-,23+/m0/s1. The van der Waals surface area contributed by atoms with Crippen molar-refractivity contribution in [1.29, 1.82) is 0 Å². The summed E-state index contributed by atoms with van der Waals surface area (Å²) in [4.78, 5) is 37.6. The highest BCUT2D eigenvalue weighted by atomic mass is 35.5. The summed E-state index contributed by atoms with van der Waals surface area (Å²) in [6, 6.07) is 5.36. The lowest BCUT2D eigenvalue weighted by Gasteiger charge is -2.33. The zero-order valence-electron chi connectivity index (χ0n) is 24.4. The summed E-state index contributed by atoms with van der Waals surface area (Å²) in [5.74, 6) is -2.30. The van der Waals surface area contributed by atoms with E-state index in [-0.39, 0.29) is 46.3 Å². The first-order valence-corrected chi connectivity index (χ1v) is 14.5. The molecule has 14 heteroatoms. The number of nitrogens with zero attached hydrogens (tertiary/aromatic N) is 5. The maximum atomic E-state index is 14.7. The quantitative estimate of drug-likeness (QED) is 0.163. The predicted molar refractivity (Wildman–Crippen MR) is 158 cm³/mol. The molecule has 1 aromatic carbocycles. The van der Waals surface area contributed by atoms with E-state index in [0.717, 1.165) is 18.2 Å². The molecule has 2 N–H and O–H groups in total. The molecular weight excluding hydrogens is 601 g/mol. The Bertz CT molecular complexity index is 1610. The number of benzene rings is 1. The molecule has 2 atom stereocenters. The van der Waals surface area contributed by atoms with E-state index in [0.29, 0.717) is 31.4 Å². The van der Waals surface area contributed by atoms with Crippen LogP contribution in [0.4, 0.5) is 23.8 Å². The monoisotopic (exact) mass is 632 g/mol. The number of halogens is 4. The smallest absolute Gasteiger partial charge is 0.410 e. The maximum absolute atomic E-state index is 14.7. The van der Waals surface area contributed by atoms with Gasteiger partial charge in [0.25, 0.3) is 0 Å². The van der Waals surface area contributed by atoms with Crippen LogP contribution in [0.15, 0.2) is 41.7 Å². The van der Waals surface area contributed by atoms with Crippen LogP contribution in [0.1, 0.15) is 57.2 Å². The van der Waals surface area contributed by atoms with Crippen molar-refractivity contribution >= 4 is 46.3 Å². The molecule has 4 heterocycles. The minimum absolute atomic E-state index is 0.000853. The molecule has 2 fully saturated rings. The Kier molecular flexibility index (Phi) is 8.87. The van der Waals surface area contributed by atoms with Crippen molar-refractivity contribution in [1.82, 2.24) is 20.2 Å². The van der Waals surface area contributed by atoms with Crippen LogP contribution >= 0.6 is 11.6 Å². The number of nitrogens with one attached hydrogen (secondary N) is 1. The maximum Gasteiger partial charge on any atom is 0.410 e. The molecule has 10 nitrogen and oxygen atoms in total. The Morgan fingerprint density at radius 1 is 1.16 bits per heavy atom. The fourth-order valence-electron chi connectivity index (χ4n) is 5.53. The minimum Gasteiger partial charge on any atom is -0.444 e. The first kappa shape index (κ1) is 31.3. The van der Waals surface area contributed by atoms with Crippen LogP contribution in [0, 0.1) is 17.6 Å². The highest BCUT2D eigenvalue weighted by Crippen LogP contribution is 2.39. The van der Waals surface area contributed by atoms with Crippen molar-refractivity contribution in [2.75, 3.05) is 24.5 Å². The molecule has 0 radical (unpaired) electrons. The van der Waals surface area contributed by atoms with E-state index in [9.17, 15) is 28.0 Å². The zero-order valence-corrected chi connectivity index (χ0v) is 25.1. The predicted octanol–water partition coefficient (Wildman–Crippen LogP) is 5.75. The van der Waals surface area contributed by atoms with E-state index >= 15 is 0 Å². The molecule has 2 aromatic heterocycles. The lowest BCUT2D eigenvalue weighted by Crippen LogP contribution is -2.46. The fraction of sp³-hybridized carbons (Fsp3) is 0.433. The number of rotatable bonds is 4. The first-order chi connectivity index (χ1) is 20.8. The van der Waals surface area contributed by atoms with Gasteiger partial charge in [0.05, 0.1) is 28.7 Å². The Morgan fingerprint density at radius 3 is 2.57 bits per heavy atom.